The lowest BCUT2D eigenvalue weighted by atomic mass is 9.87. The third-order valence-corrected chi connectivity index (χ3v) is 5.47. The van der Waals surface area contributed by atoms with E-state index in [9.17, 15) is 4.79 Å². The predicted octanol–water partition coefficient (Wildman–Crippen LogP) is 5.97. The number of Topliss-reactive ketones (excluding diaryl/α,β-unsaturated/α-hetero) is 1. The Morgan fingerprint density at radius 1 is 1.29 bits per heavy atom. The molecule has 1 N–H and O–H groups in total. The van der Waals surface area contributed by atoms with Crippen LogP contribution in [0.2, 0.25) is 0 Å². The molecule has 0 aliphatic heterocycles. The SMILES string of the molecule is CCCC(=O)c1cnc2ccc(Br)cc2c1NC1CCC(C)CC1. The van der Waals surface area contributed by atoms with Gasteiger partial charge in [0.05, 0.1) is 16.8 Å². The summed E-state index contributed by atoms with van der Waals surface area (Å²) in [6.07, 6.45) is 8.02. The molecule has 0 radical (unpaired) electrons. The summed E-state index contributed by atoms with van der Waals surface area (Å²) in [6.45, 7) is 4.37. The number of ketones is 1. The lowest BCUT2D eigenvalue weighted by Gasteiger charge is -2.29. The lowest BCUT2D eigenvalue weighted by molar-refractivity contribution is 0.0982. The van der Waals surface area contributed by atoms with Crippen LogP contribution >= 0.6 is 15.9 Å². The van der Waals surface area contributed by atoms with Gasteiger partial charge in [0.2, 0.25) is 0 Å². The van der Waals surface area contributed by atoms with Crippen LogP contribution in [-0.4, -0.2) is 16.8 Å². The molecule has 1 fully saturated rings. The van der Waals surface area contributed by atoms with Crippen molar-refractivity contribution < 1.29 is 4.79 Å². The Morgan fingerprint density at radius 2 is 2.04 bits per heavy atom. The number of aromatic nitrogens is 1. The van der Waals surface area contributed by atoms with Crippen molar-refractivity contribution >= 4 is 38.3 Å². The summed E-state index contributed by atoms with van der Waals surface area (Å²) in [4.78, 5) is 17.1. The third kappa shape index (κ3) is 3.80. The quantitative estimate of drug-likeness (QED) is 0.641. The van der Waals surface area contributed by atoms with E-state index in [4.69, 9.17) is 0 Å². The van der Waals surface area contributed by atoms with Crippen LogP contribution < -0.4 is 5.32 Å². The second kappa shape index (κ2) is 7.64. The topological polar surface area (TPSA) is 42.0 Å². The standard InChI is InChI=1S/C20H25BrN2O/c1-3-4-19(24)17-12-22-18-10-7-14(21)11-16(18)20(17)23-15-8-5-13(2)6-9-15/h7,10-13,15H,3-6,8-9H2,1-2H3,(H,22,23). The number of benzene rings is 1. The molecule has 1 heterocycles. The monoisotopic (exact) mass is 388 g/mol. The van der Waals surface area contributed by atoms with Crippen molar-refractivity contribution in [2.24, 2.45) is 5.92 Å². The van der Waals surface area contributed by atoms with E-state index in [1.165, 1.54) is 25.7 Å². The first kappa shape index (κ1) is 17.4. The number of hydrogen-bond acceptors (Lipinski definition) is 3. The molecule has 0 bridgehead atoms. The zero-order valence-electron chi connectivity index (χ0n) is 14.4. The molecular formula is C20H25BrN2O. The van der Waals surface area contributed by atoms with Gasteiger partial charge in [0.15, 0.2) is 5.78 Å². The van der Waals surface area contributed by atoms with E-state index < -0.39 is 0 Å². The van der Waals surface area contributed by atoms with Crippen LogP contribution in [-0.2, 0) is 0 Å². The zero-order chi connectivity index (χ0) is 17.1. The number of nitrogens with one attached hydrogen (secondary N) is 1. The van der Waals surface area contributed by atoms with Gasteiger partial charge < -0.3 is 5.32 Å². The maximum atomic E-state index is 12.6. The van der Waals surface area contributed by atoms with Gasteiger partial charge in [-0.2, -0.15) is 0 Å². The predicted molar refractivity (Wildman–Crippen MR) is 104 cm³/mol. The number of halogens is 1. The molecule has 3 nitrogen and oxygen atoms in total. The largest absolute Gasteiger partial charge is 0.381 e. The van der Waals surface area contributed by atoms with Crippen LogP contribution in [0.25, 0.3) is 10.9 Å². The van der Waals surface area contributed by atoms with Gasteiger partial charge in [0, 0.05) is 28.5 Å². The van der Waals surface area contributed by atoms with Crippen molar-refractivity contribution in [2.75, 3.05) is 5.32 Å². The zero-order valence-corrected chi connectivity index (χ0v) is 16.0. The van der Waals surface area contributed by atoms with Crippen LogP contribution in [0.15, 0.2) is 28.9 Å². The molecule has 0 spiro atoms. The van der Waals surface area contributed by atoms with Crippen molar-refractivity contribution in [3.63, 3.8) is 0 Å². The maximum absolute atomic E-state index is 12.6. The second-order valence-electron chi connectivity index (χ2n) is 6.98. The van der Waals surface area contributed by atoms with Crippen molar-refractivity contribution in [2.45, 2.75) is 58.4 Å². The Labute approximate surface area is 152 Å². The number of rotatable bonds is 5. The minimum Gasteiger partial charge on any atom is -0.381 e. The molecule has 24 heavy (non-hydrogen) atoms. The van der Waals surface area contributed by atoms with Gasteiger partial charge in [-0.3, -0.25) is 9.78 Å². The summed E-state index contributed by atoms with van der Waals surface area (Å²) in [6, 6.07) is 6.51. The average Bonchev–Trinajstić information content (AvgIpc) is 2.57. The Morgan fingerprint density at radius 3 is 2.75 bits per heavy atom. The van der Waals surface area contributed by atoms with E-state index in [-0.39, 0.29) is 5.78 Å². The summed E-state index contributed by atoms with van der Waals surface area (Å²) in [7, 11) is 0. The van der Waals surface area contributed by atoms with E-state index in [0.717, 1.165) is 39.0 Å². The fourth-order valence-corrected chi connectivity index (χ4v) is 3.86. The Balaban J connectivity index is 2.01. The Hall–Kier alpha value is -1.42. The molecule has 0 amide bonds. The number of carbonyl (C=O) groups excluding carboxylic acids is 1. The Kier molecular flexibility index (Phi) is 5.54. The molecule has 1 aromatic heterocycles. The minimum atomic E-state index is 0.179. The van der Waals surface area contributed by atoms with Gasteiger partial charge in [-0.15, -0.1) is 0 Å². The summed E-state index contributed by atoms with van der Waals surface area (Å²) >= 11 is 3.55. The number of carbonyl (C=O) groups is 1. The summed E-state index contributed by atoms with van der Waals surface area (Å²) in [5.74, 6) is 0.992. The van der Waals surface area contributed by atoms with Crippen molar-refractivity contribution in [3.8, 4) is 0 Å². The summed E-state index contributed by atoms with van der Waals surface area (Å²) in [5, 5.41) is 4.73. The highest BCUT2D eigenvalue weighted by atomic mass is 79.9. The number of nitrogens with zero attached hydrogens (tertiary/aromatic N) is 1. The first-order valence-electron chi connectivity index (χ1n) is 8.96. The Bertz CT molecular complexity index is 736. The molecule has 3 rings (SSSR count). The lowest BCUT2D eigenvalue weighted by Crippen LogP contribution is -2.26. The van der Waals surface area contributed by atoms with Gasteiger partial charge >= 0.3 is 0 Å². The number of fused-ring (bicyclic) bond motifs is 1. The van der Waals surface area contributed by atoms with Crippen LogP contribution in [0, 0.1) is 5.92 Å². The smallest absolute Gasteiger partial charge is 0.166 e. The van der Waals surface area contributed by atoms with E-state index in [1.807, 2.05) is 19.1 Å². The molecule has 0 saturated heterocycles. The molecule has 0 unspecified atom stereocenters. The highest BCUT2D eigenvalue weighted by Crippen LogP contribution is 2.33. The molecule has 1 aliphatic carbocycles. The normalized spacial score (nSPS) is 21.0. The van der Waals surface area contributed by atoms with Gasteiger partial charge in [-0.05, 0) is 56.2 Å². The van der Waals surface area contributed by atoms with Gasteiger partial charge in [-0.1, -0.05) is 29.8 Å². The molecule has 1 aromatic carbocycles. The maximum Gasteiger partial charge on any atom is 0.166 e. The molecule has 1 aliphatic rings. The highest BCUT2D eigenvalue weighted by Gasteiger charge is 2.22. The molecule has 2 aromatic rings. The van der Waals surface area contributed by atoms with Crippen LogP contribution in [0.3, 0.4) is 0 Å². The fraction of sp³-hybridized carbons (Fsp3) is 0.500. The van der Waals surface area contributed by atoms with Gasteiger partial charge in [0.1, 0.15) is 0 Å². The summed E-state index contributed by atoms with van der Waals surface area (Å²) in [5.41, 5.74) is 2.64. The van der Waals surface area contributed by atoms with E-state index >= 15 is 0 Å². The van der Waals surface area contributed by atoms with E-state index in [1.54, 1.807) is 6.20 Å². The number of anilines is 1. The third-order valence-electron chi connectivity index (χ3n) is 4.97. The summed E-state index contributed by atoms with van der Waals surface area (Å²) < 4.78 is 1.01. The first-order chi connectivity index (χ1) is 11.6. The molecule has 1 saturated carbocycles. The van der Waals surface area contributed by atoms with Crippen molar-refractivity contribution in [1.82, 2.24) is 4.98 Å². The average molecular weight is 389 g/mol. The van der Waals surface area contributed by atoms with Gasteiger partial charge in [-0.25, -0.2) is 0 Å². The van der Waals surface area contributed by atoms with Crippen LogP contribution in [0.4, 0.5) is 5.69 Å². The second-order valence-corrected chi connectivity index (χ2v) is 7.90. The molecule has 4 heteroatoms. The molecule has 128 valence electrons. The minimum absolute atomic E-state index is 0.179. The fourth-order valence-electron chi connectivity index (χ4n) is 3.50. The number of pyridine rings is 1. The molecular weight excluding hydrogens is 364 g/mol. The van der Waals surface area contributed by atoms with E-state index in [2.05, 4.69) is 39.2 Å². The first-order valence-corrected chi connectivity index (χ1v) is 9.75. The van der Waals surface area contributed by atoms with Crippen LogP contribution in [0.5, 0.6) is 0 Å². The number of hydrogen-bond donors (Lipinski definition) is 1. The van der Waals surface area contributed by atoms with Crippen molar-refractivity contribution in [3.05, 3.63) is 34.4 Å². The highest BCUT2D eigenvalue weighted by molar-refractivity contribution is 9.10. The van der Waals surface area contributed by atoms with E-state index in [0.29, 0.717) is 12.5 Å². The molecule has 0 atom stereocenters. The van der Waals surface area contributed by atoms with Crippen LogP contribution in [0.1, 0.15) is 62.7 Å². The van der Waals surface area contributed by atoms with Gasteiger partial charge in [0.25, 0.3) is 0 Å². The van der Waals surface area contributed by atoms with Crippen molar-refractivity contribution in [1.29, 1.82) is 0 Å².